The molecule has 0 aliphatic rings. The van der Waals surface area contributed by atoms with Gasteiger partial charge in [0.05, 0.1) is 0 Å². The predicted molar refractivity (Wildman–Crippen MR) is 17.9 cm³/mol. The minimum atomic E-state index is 0. The number of hydrogen-bond donors (Lipinski definition) is 0. The van der Waals surface area contributed by atoms with Gasteiger partial charge < -0.3 is 5.48 Å². The molecule has 0 amide bonds. The van der Waals surface area contributed by atoms with E-state index in [0.29, 0.717) is 0 Å². The minimum Gasteiger partial charge on any atom is 0 e. The molecule has 4 heteroatoms. The molecular formula is H4OSe2V. The molecule has 0 aromatic rings. The maximum absolute atomic E-state index is 2.25. The first kappa shape index (κ1) is 17.6. The van der Waals surface area contributed by atoms with Crippen LogP contribution in [0.4, 0.5) is 0 Å². The fourth-order valence-electron chi connectivity index (χ4n) is 0. The molecule has 0 bridgehead atoms. The average Bonchev–Trinajstić information content (AvgIpc) is 1.00. The zero-order chi connectivity index (χ0) is 2.00. The van der Waals surface area contributed by atoms with Crippen LogP contribution in [0.5, 0.6) is 0 Å². The summed E-state index contributed by atoms with van der Waals surface area (Å²) < 4.78 is 0. The van der Waals surface area contributed by atoms with Gasteiger partial charge in [0.2, 0.25) is 0 Å². The van der Waals surface area contributed by atoms with E-state index in [1.54, 1.807) is 0 Å². The molecule has 1 nitrogen and oxygen atoms in total. The molecule has 0 aromatic heterocycles. The summed E-state index contributed by atoms with van der Waals surface area (Å²) in [5, 5.41) is 0. The predicted octanol–water partition coefficient (Wildman–Crippen LogP) is -2.12. The third-order valence-corrected chi connectivity index (χ3v) is 0. The first-order chi connectivity index (χ1) is 1.00. The van der Waals surface area contributed by atoms with Crippen molar-refractivity contribution in [3.05, 3.63) is 0 Å². The van der Waals surface area contributed by atoms with Crippen LogP contribution in [-0.2, 0) is 18.6 Å². The van der Waals surface area contributed by atoms with E-state index in [2.05, 4.69) is 28.4 Å². The summed E-state index contributed by atoms with van der Waals surface area (Å²) in [5.41, 5.74) is 0. The zero-order valence-electron chi connectivity index (χ0n) is 1.84. The van der Waals surface area contributed by atoms with E-state index < -0.39 is 0 Å². The van der Waals surface area contributed by atoms with E-state index in [0.717, 1.165) is 0 Å². The van der Waals surface area contributed by atoms with E-state index >= 15 is 0 Å². The van der Waals surface area contributed by atoms with Crippen molar-refractivity contribution in [1.82, 2.24) is 0 Å². The molecule has 0 aliphatic heterocycles. The van der Waals surface area contributed by atoms with Gasteiger partial charge in [-0.25, -0.2) is 0 Å². The van der Waals surface area contributed by atoms with Crippen LogP contribution in [0.15, 0.2) is 0 Å². The third-order valence-electron chi connectivity index (χ3n) is 0. The largest absolute Gasteiger partial charge is 0 e. The third kappa shape index (κ3) is 9.54. The number of hydrogen-bond acceptors (Lipinski definition) is 0. The van der Waals surface area contributed by atoms with Gasteiger partial charge in [-0.1, -0.05) is 0 Å². The van der Waals surface area contributed by atoms with Gasteiger partial charge in [0, 0.05) is 18.6 Å². The summed E-state index contributed by atoms with van der Waals surface area (Å²) in [6.45, 7) is 0. The van der Waals surface area contributed by atoms with Crippen LogP contribution in [-0.4, -0.2) is 33.9 Å². The van der Waals surface area contributed by atoms with Gasteiger partial charge in [-0.3, -0.25) is 0 Å². The van der Waals surface area contributed by atoms with Gasteiger partial charge >= 0.3 is 28.4 Å². The van der Waals surface area contributed by atoms with Crippen LogP contribution >= 0.6 is 0 Å². The maximum atomic E-state index is 2.25. The molecule has 0 atom stereocenters. The molecular weight excluding hydrogens is 225 g/mol. The van der Waals surface area contributed by atoms with Crippen LogP contribution in [0.25, 0.3) is 0 Å². The Morgan fingerprint density at radius 1 is 1.00 bits per heavy atom. The smallest absolute Gasteiger partial charge is 0 e. The topological polar surface area (TPSA) is 31.5 Å². The Morgan fingerprint density at radius 3 is 1.00 bits per heavy atom. The quantitative estimate of drug-likeness (QED) is 0.425. The van der Waals surface area contributed by atoms with Crippen molar-refractivity contribution in [3.63, 3.8) is 0 Å². The molecule has 27 valence electrons. The Balaban J connectivity index is -0.00000000500. The van der Waals surface area contributed by atoms with Crippen LogP contribution in [0, 0.1) is 0 Å². The molecule has 0 saturated heterocycles. The molecule has 2 N–H and O–H groups in total. The first-order valence-corrected chi connectivity index (χ1v) is 5.40. The summed E-state index contributed by atoms with van der Waals surface area (Å²) in [6.07, 6.45) is 0. The molecule has 0 fully saturated rings. The summed E-state index contributed by atoms with van der Waals surface area (Å²) in [6, 6.07) is 0. The van der Waals surface area contributed by atoms with Crippen molar-refractivity contribution in [2.24, 2.45) is 0 Å². The number of rotatable bonds is 0. The zero-order valence-corrected chi connectivity index (χ0v) is 6.99. The van der Waals surface area contributed by atoms with Crippen molar-refractivity contribution in [3.8, 4) is 0 Å². The normalized spacial score (nSPS) is 1.50. The molecule has 1 radical (unpaired) electrons. The Labute approximate surface area is 52.3 Å². The summed E-state index contributed by atoms with van der Waals surface area (Å²) in [4.78, 5) is 0. The van der Waals surface area contributed by atoms with Gasteiger partial charge in [-0.15, -0.1) is 0 Å². The standard InChI is InChI=1S/H2O.H2Se2.V/c;1-2;/h1H2;1-2H;. The van der Waals surface area contributed by atoms with Crippen LogP contribution in [0.2, 0.25) is 0 Å². The Kier molecular flexibility index (Phi) is 103. The van der Waals surface area contributed by atoms with Crippen molar-refractivity contribution >= 4 is 28.4 Å². The molecule has 4 heavy (non-hydrogen) atoms. The summed E-state index contributed by atoms with van der Waals surface area (Å²) in [7, 11) is 0. The van der Waals surface area contributed by atoms with Crippen molar-refractivity contribution in [1.29, 1.82) is 0 Å². The molecule has 0 rings (SSSR count). The summed E-state index contributed by atoms with van der Waals surface area (Å²) >= 11 is 4.50. The van der Waals surface area contributed by atoms with Gasteiger partial charge in [-0.05, 0) is 0 Å². The second-order valence-electron chi connectivity index (χ2n) is 0. The molecule has 0 spiro atoms. The fourth-order valence-corrected chi connectivity index (χ4v) is 0. The Bertz CT molecular complexity index is 6.00. The van der Waals surface area contributed by atoms with E-state index in [4.69, 9.17) is 0 Å². The van der Waals surface area contributed by atoms with Gasteiger partial charge in [-0.2, -0.15) is 0 Å². The van der Waals surface area contributed by atoms with Gasteiger partial charge in [0.15, 0.2) is 0 Å². The minimum absolute atomic E-state index is 0. The Hall–Kier alpha value is 1.58. The SMILES string of the molecule is O.[SeH][SeH].[V]. The van der Waals surface area contributed by atoms with Crippen LogP contribution < -0.4 is 0 Å². The maximum Gasteiger partial charge on any atom is 0 e. The summed E-state index contributed by atoms with van der Waals surface area (Å²) in [5.74, 6) is 0. The van der Waals surface area contributed by atoms with Crippen molar-refractivity contribution in [2.45, 2.75) is 0 Å². The monoisotopic (exact) mass is 231 g/mol. The van der Waals surface area contributed by atoms with Crippen LogP contribution in [0.1, 0.15) is 0 Å². The van der Waals surface area contributed by atoms with Crippen LogP contribution in [0.3, 0.4) is 0 Å². The van der Waals surface area contributed by atoms with Crippen molar-refractivity contribution in [2.75, 3.05) is 0 Å². The molecule has 0 saturated carbocycles. The molecule has 0 heterocycles. The Morgan fingerprint density at radius 2 is 1.00 bits per heavy atom. The fraction of sp³-hybridized carbons (Fsp3) is 0. The molecule has 0 unspecified atom stereocenters. The first-order valence-electron chi connectivity index (χ1n) is 0.200. The molecule has 0 aliphatic carbocycles. The second-order valence-corrected chi connectivity index (χ2v) is 0. The second kappa shape index (κ2) is 23.5. The van der Waals surface area contributed by atoms with E-state index in [-0.39, 0.29) is 24.0 Å². The van der Waals surface area contributed by atoms with Gasteiger partial charge in [0.1, 0.15) is 0 Å². The van der Waals surface area contributed by atoms with E-state index in [1.807, 2.05) is 0 Å². The van der Waals surface area contributed by atoms with Crippen molar-refractivity contribution < 1.29 is 24.0 Å². The van der Waals surface area contributed by atoms with Gasteiger partial charge in [0.25, 0.3) is 0 Å². The van der Waals surface area contributed by atoms with E-state index in [9.17, 15) is 0 Å². The van der Waals surface area contributed by atoms with E-state index in [1.165, 1.54) is 0 Å². The average molecular weight is 229 g/mol. The molecule has 0 aromatic carbocycles.